The molecule has 1 heteroatoms. The third kappa shape index (κ3) is 4.47. The molecule has 0 saturated heterocycles. The van der Waals surface area contributed by atoms with Crippen LogP contribution >= 0.6 is 0 Å². The molecule has 1 aliphatic heterocycles. The van der Waals surface area contributed by atoms with Crippen molar-refractivity contribution in [2.45, 2.75) is 0 Å². The first-order valence-electron chi connectivity index (χ1n) is 16.9. The van der Waals surface area contributed by atoms with Gasteiger partial charge in [-0.2, -0.15) is 0 Å². The number of hydrogen-bond acceptors (Lipinski definition) is 0. The van der Waals surface area contributed by atoms with Gasteiger partial charge in [-0.3, -0.25) is 0 Å². The van der Waals surface area contributed by atoms with Gasteiger partial charge in [0.2, 0.25) is 0 Å². The Balaban J connectivity index is 1.22. The number of fused-ring (bicyclic) bond motifs is 8. The normalized spacial score (nSPS) is 11.7. The summed E-state index contributed by atoms with van der Waals surface area (Å²) in [5.41, 5.74) is 18.5. The summed E-state index contributed by atoms with van der Waals surface area (Å²) in [6, 6.07) is 68.8. The van der Waals surface area contributed by atoms with Gasteiger partial charge >= 0.3 is 0 Å². The number of rotatable bonds is 4. The molecule has 0 bridgehead atoms. The maximum absolute atomic E-state index is 2.50. The third-order valence-corrected chi connectivity index (χ3v) is 10.1. The predicted molar refractivity (Wildman–Crippen MR) is 207 cm³/mol. The monoisotopic (exact) mass is 621 g/mol. The zero-order chi connectivity index (χ0) is 32.3. The molecule has 0 amide bonds. The van der Waals surface area contributed by atoms with Gasteiger partial charge in [-0.05, 0) is 98.1 Å². The lowest BCUT2D eigenvalue weighted by molar-refractivity contribution is 1.19. The Morgan fingerprint density at radius 2 is 0.755 bits per heavy atom. The molecule has 49 heavy (non-hydrogen) atoms. The molecule has 0 unspecified atom stereocenters. The fourth-order valence-corrected chi connectivity index (χ4v) is 7.82. The van der Waals surface area contributed by atoms with E-state index >= 15 is 0 Å². The van der Waals surface area contributed by atoms with Crippen molar-refractivity contribution in [2.75, 3.05) is 0 Å². The first kappa shape index (κ1) is 27.7. The molecule has 228 valence electrons. The Morgan fingerprint density at radius 3 is 1.43 bits per heavy atom. The Morgan fingerprint density at radius 1 is 0.265 bits per heavy atom. The average molecular weight is 622 g/mol. The summed E-state index contributed by atoms with van der Waals surface area (Å²) in [7, 11) is 0. The molecular formula is C48H31N. The van der Waals surface area contributed by atoms with Gasteiger partial charge in [0.25, 0.3) is 0 Å². The highest BCUT2D eigenvalue weighted by Crippen LogP contribution is 2.49. The van der Waals surface area contributed by atoms with Crippen molar-refractivity contribution < 1.29 is 0 Å². The van der Waals surface area contributed by atoms with Crippen molar-refractivity contribution in [3.8, 4) is 72.4 Å². The number of para-hydroxylation sites is 1. The fourth-order valence-electron chi connectivity index (χ4n) is 7.82. The van der Waals surface area contributed by atoms with E-state index in [1.165, 1.54) is 94.3 Å². The Labute approximate surface area is 286 Å². The highest BCUT2D eigenvalue weighted by atomic mass is 15.0. The van der Waals surface area contributed by atoms with Crippen LogP contribution < -0.4 is 0 Å². The predicted octanol–water partition coefficient (Wildman–Crippen LogP) is 13.1. The van der Waals surface area contributed by atoms with E-state index in [-0.39, 0.29) is 0 Å². The lowest BCUT2D eigenvalue weighted by Crippen LogP contribution is -1.96. The lowest BCUT2D eigenvalue weighted by Gasteiger charge is -2.15. The van der Waals surface area contributed by atoms with Crippen molar-refractivity contribution >= 4 is 21.8 Å². The first-order chi connectivity index (χ1) is 24.3. The maximum Gasteiger partial charge on any atom is 0.0620 e. The molecule has 0 atom stereocenters. The van der Waals surface area contributed by atoms with Gasteiger partial charge in [0, 0.05) is 21.9 Å². The highest BCUT2D eigenvalue weighted by Gasteiger charge is 2.25. The number of benzene rings is 8. The molecule has 0 aliphatic carbocycles. The first-order valence-corrected chi connectivity index (χ1v) is 16.9. The largest absolute Gasteiger partial charge is 0.308 e. The third-order valence-electron chi connectivity index (χ3n) is 10.1. The van der Waals surface area contributed by atoms with Crippen molar-refractivity contribution in [1.29, 1.82) is 0 Å². The van der Waals surface area contributed by atoms with Crippen LogP contribution in [-0.2, 0) is 0 Å². The number of hydrogen-bond donors (Lipinski definition) is 0. The summed E-state index contributed by atoms with van der Waals surface area (Å²) < 4.78 is 2.50. The minimum absolute atomic E-state index is 1.21. The van der Waals surface area contributed by atoms with Crippen molar-refractivity contribution in [1.82, 2.24) is 4.57 Å². The van der Waals surface area contributed by atoms with Gasteiger partial charge in [-0.25, -0.2) is 0 Å². The van der Waals surface area contributed by atoms with Crippen LogP contribution in [0.2, 0.25) is 0 Å². The zero-order valence-corrected chi connectivity index (χ0v) is 26.8. The molecular weight excluding hydrogens is 591 g/mol. The van der Waals surface area contributed by atoms with Crippen LogP contribution in [0.5, 0.6) is 0 Å². The molecule has 10 rings (SSSR count). The number of aromatic nitrogens is 1. The van der Waals surface area contributed by atoms with Crippen LogP contribution in [-0.4, -0.2) is 4.57 Å². The minimum Gasteiger partial charge on any atom is -0.308 e. The lowest BCUT2D eigenvalue weighted by atomic mass is 9.89. The molecule has 0 spiro atoms. The van der Waals surface area contributed by atoms with Crippen LogP contribution in [0.15, 0.2) is 188 Å². The Kier molecular flexibility index (Phi) is 6.25. The van der Waals surface area contributed by atoms with E-state index in [4.69, 9.17) is 0 Å². The summed E-state index contributed by atoms with van der Waals surface area (Å²) in [5.74, 6) is 0. The van der Waals surface area contributed by atoms with Crippen molar-refractivity contribution in [3.63, 3.8) is 0 Å². The van der Waals surface area contributed by atoms with Crippen LogP contribution in [0.4, 0.5) is 0 Å². The topological polar surface area (TPSA) is 4.93 Å². The average Bonchev–Trinajstić information content (AvgIpc) is 3.46. The van der Waals surface area contributed by atoms with E-state index in [9.17, 15) is 0 Å². The highest BCUT2D eigenvalue weighted by molar-refractivity contribution is 6.17. The molecule has 1 nitrogen and oxygen atoms in total. The molecule has 1 aromatic heterocycles. The van der Waals surface area contributed by atoms with Gasteiger partial charge in [-0.1, -0.05) is 146 Å². The van der Waals surface area contributed by atoms with Gasteiger partial charge in [0.05, 0.1) is 16.7 Å². The molecule has 1 aliphatic rings. The van der Waals surface area contributed by atoms with E-state index in [0.29, 0.717) is 0 Å². The fraction of sp³-hybridized carbons (Fsp3) is 0. The minimum atomic E-state index is 1.21. The maximum atomic E-state index is 2.50. The van der Waals surface area contributed by atoms with E-state index in [1.807, 2.05) is 0 Å². The van der Waals surface area contributed by atoms with E-state index in [2.05, 4.69) is 193 Å². The van der Waals surface area contributed by atoms with E-state index in [0.717, 1.165) is 0 Å². The molecule has 8 aromatic carbocycles. The van der Waals surface area contributed by atoms with Gasteiger partial charge < -0.3 is 4.57 Å². The molecule has 0 radical (unpaired) electrons. The van der Waals surface area contributed by atoms with Crippen LogP contribution in [0.3, 0.4) is 0 Å². The summed E-state index contributed by atoms with van der Waals surface area (Å²) in [5, 5.41) is 2.54. The van der Waals surface area contributed by atoms with Crippen molar-refractivity contribution in [2.24, 2.45) is 0 Å². The van der Waals surface area contributed by atoms with Crippen LogP contribution in [0.1, 0.15) is 0 Å². The summed E-state index contributed by atoms with van der Waals surface area (Å²) in [4.78, 5) is 0. The second-order valence-corrected chi connectivity index (χ2v) is 12.9. The quantitative estimate of drug-likeness (QED) is 0.184. The summed E-state index contributed by atoms with van der Waals surface area (Å²) in [6.45, 7) is 0. The van der Waals surface area contributed by atoms with Gasteiger partial charge in [0.15, 0.2) is 0 Å². The van der Waals surface area contributed by atoms with Crippen molar-refractivity contribution in [3.05, 3.63) is 188 Å². The molecule has 0 saturated carbocycles. The second-order valence-electron chi connectivity index (χ2n) is 12.9. The Bertz CT molecular complexity index is 2700. The summed E-state index contributed by atoms with van der Waals surface area (Å²) in [6.07, 6.45) is 0. The molecule has 0 fully saturated rings. The van der Waals surface area contributed by atoms with Crippen LogP contribution in [0.25, 0.3) is 94.3 Å². The SMILES string of the molecule is c1ccc(-c2cccc(-c3ccc4c(c3)-c3ccccc3-c3cc(-c5cccc(-c6ccccc6)c5)cc5c6ccccc6n-4c35)c2)cc1. The second kappa shape index (κ2) is 11.1. The number of nitrogens with zero attached hydrogens (tertiary/aromatic N) is 1. The summed E-state index contributed by atoms with van der Waals surface area (Å²) >= 11 is 0. The van der Waals surface area contributed by atoms with Gasteiger partial charge in [-0.15, -0.1) is 0 Å². The smallest absolute Gasteiger partial charge is 0.0620 e. The molecule has 0 N–H and O–H groups in total. The standard InChI is InChI=1S/C48H31N/c1-3-13-32(14-4-1)34-17-11-19-36(27-34)38-25-26-47-43(29-38)40-21-7-8-22-41(40)44-30-39(31-45-42-23-9-10-24-46(42)49(47)48(44)45)37-20-12-18-35(28-37)33-15-5-2-6-16-33/h1-31H. The zero-order valence-electron chi connectivity index (χ0n) is 26.8. The molecule has 9 aromatic rings. The molecule has 2 heterocycles. The van der Waals surface area contributed by atoms with Crippen LogP contribution in [0, 0.1) is 0 Å². The van der Waals surface area contributed by atoms with E-state index in [1.54, 1.807) is 0 Å². The van der Waals surface area contributed by atoms with Gasteiger partial charge in [0.1, 0.15) is 0 Å². The Hall–Kier alpha value is -6.44. The van der Waals surface area contributed by atoms with E-state index < -0.39 is 0 Å².